The molecule has 174 valence electrons. The van der Waals surface area contributed by atoms with Gasteiger partial charge in [0.2, 0.25) is 5.91 Å². The van der Waals surface area contributed by atoms with E-state index in [1.54, 1.807) is 7.11 Å². The number of methoxy groups -OCH3 is 1. The van der Waals surface area contributed by atoms with Gasteiger partial charge in [0.05, 0.1) is 12.7 Å². The van der Waals surface area contributed by atoms with Gasteiger partial charge in [0.25, 0.3) is 0 Å². The Hall–Kier alpha value is -2.07. The van der Waals surface area contributed by atoms with E-state index in [9.17, 15) is 10.1 Å². The second-order valence-electron chi connectivity index (χ2n) is 9.55. The number of anilines is 1. The normalized spacial score (nSPS) is 21.2. The van der Waals surface area contributed by atoms with Crippen LogP contribution < -0.4 is 9.64 Å². The number of nitriles is 1. The highest BCUT2D eigenvalue weighted by Gasteiger charge is 2.31. The van der Waals surface area contributed by atoms with Gasteiger partial charge in [-0.05, 0) is 109 Å². The second kappa shape index (κ2) is 11.4. The molecule has 0 bridgehead atoms. The van der Waals surface area contributed by atoms with Crippen LogP contribution in [0, 0.1) is 26.7 Å². The largest absolute Gasteiger partial charge is 0.495 e. The fourth-order valence-corrected chi connectivity index (χ4v) is 6.07. The standard InChI is InChI=1S/C28H33IN2O2/c1-33-27-15-14-23(16-24(27)18-30)21-12-10-20(11-13-21)19-31(26-9-5-8-25(29)17-26)28(32)22-6-3-2-4-7-22/h5,8-9,14-17,20-22H,2-4,6-7,10-13,19H2,1H3/t20-,21-. The van der Waals surface area contributed by atoms with Crippen molar-refractivity contribution in [2.45, 2.75) is 63.7 Å². The molecule has 2 aromatic rings. The molecule has 0 saturated heterocycles. The molecule has 0 unspecified atom stereocenters. The maximum Gasteiger partial charge on any atom is 0.230 e. The van der Waals surface area contributed by atoms with E-state index in [4.69, 9.17) is 4.74 Å². The van der Waals surface area contributed by atoms with Crippen molar-refractivity contribution in [2.75, 3.05) is 18.6 Å². The molecule has 0 heterocycles. The monoisotopic (exact) mass is 556 g/mol. The first kappa shape index (κ1) is 24.1. The summed E-state index contributed by atoms with van der Waals surface area (Å²) in [5.74, 6) is 2.13. The Morgan fingerprint density at radius 1 is 1.06 bits per heavy atom. The van der Waals surface area contributed by atoms with Gasteiger partial charge in [0.1, 0.15) is 11.8 Å². The van der Waals surface area contributed by atoms with Crippen LogP contribution in [0.25, 0.3) is 0 Å². The Balaban J connectivity index is 1.44. The zero-order valence-electron chi connectivity index (χ0n) is 19.4. The first-order valence-electron chi connectivity index (χ1n) is 12.2. The van der Waals surface area contributed by atoms with E-state index in [2.05, 4.69) is 63.9 Å². The molecule has 0 N–H and O–H groups in total. The molecule has 0 spiro atoms. The lowest BCUT2D eigenvalue weighted by Crippen LogP contribution is -2.41. The lowest BCUT2D eigenvalue weighted by atomic mass is 9.78. The van der Waals surface area contributed by atoms with Crippen LogP contribution in [0.4, 0.5) is 5.69 Å². The van der Waals surface area contributed by atoms with E-state index in [-0.39, 0.29) is 5.92 Å². The third-order valence-corrected chi connectivity index (χ3v) is 8.11. The van der Waals surface area contributed by atoms with Crippen molar-refractivity contribution in [1.29, 1.82) is 5.26 Å². The first-order valence-corrected chi connectivity index (χ1v) is 13.3. The van der Waals surface area contributed by atoms with Gasteiger partial charge in [-0.1, -0.05) is 31.4 Å². The first-order chi connectivity index (χ1) is 16.1. The van der Waals surface area contributed by atoms with Crippen LogP contribution in [-0.2, 0) is 4.79 Å². The lowest BCUT2D eigenvalue weighted by molar-refractivity contribution is -0.123. The number of carbonyl (C=O) groups excluding carboxylic acids is 1. The average molecular weight is 556 g/mol. The van der Waals surface area contributed by atoms with Crippen LogP contribution in [0.2, 0.25) is 0 Å². The molecule has 0 atom stereocenters. The third-order valence-electron chi connectivity index (χ3n) is 7.44. The van der Waals surface area contributed by atoms with Gasteiger partial charge < -0.3 is 9.64 Å². The molecule has 1 amide bonds. The molecule has 2 aliphatic carbocycles. The van der Waals surface area contributed by atoms with Crippen molar-refractivity contribution < 1.29 is 9.53 Å². The highest BCUT2D eigenvalue weighted by atomic mass is 127. The van der Waals surface area contributed by atoms with E-state index >= 15 is 0 Å². The zero-order chi connectivity index (χ0) is 23.2. The minimum atomic E-state index is 0.177. The quantitative estimate of drug-likeness (QED) is 0.358. The molecule has 33 heavy (non-hydrogen) atoms. The zero-order valence-corrected chi connectivity index (χ0v) is 21.6. The van der Waals surface area contributed by atoms with Gasteiger partial charge in [-0.3, -0.25) is 4.79 Å². The van der Waals surface area contributed by atoms with Gasteiger partial charge in [-0.25, -0.2) is 0 Å². The van der Waals surface area contributed by atoms with E-state index in [0.29, 0.717) is 29.1 Å². The summed E-state index contributed by atoms with van der Waals surface area (Å²) in [5.41, 5.74) is 2.90. The van der Waals surface area contributed by atoms with Crippen molar-refractivity contribution in [3.8, 4) is 11.8 Å². The number of hydrogen-bond donors (Lipinski definition) is 0. The Kier molecular flexibility index (Phi) is 8.29. The molecule has 5 heteroatoms. The Morgan fingerprint density at radius 3 is 2.48 bits per heavy atom. The van der Waals surface area contributed by atoms with E-state index < -0.39 is 0 Å². The minimum Gasteiger partial charge on any atom is -0.495 e. The maximum atomic E-state index is 13.6. The number of rotatable bonds is 6. The fourth-order valence-electron chi connectivity index (χ4n) is 5.54. The average Bonchev–Trinajstić information content (AvgIpc) is 2.87. The number of ether oxygens (including phenoxy) is 1. The van der Waals surface area contributed by atoms with Gasteiger partial charge in [0, 0.05) is 21.7 Å². The molecular weight excluding hydrogens is 523 g/mol. The molecule has 4 nitrogen and oxygen atoms in total. The second-order valence-corrected chi connectivity index (χ2v) is 10.8. The summed E-state index contributed by atoms with van der Waals surface area (Å²) in [6.07, 6.45) is 10.1. The van der Waals surface area contributed by atoms with Crippen LogP contribution in [0.3, 0.4) is 0 Å². The van der Waals surface area contributed by atoms with Crippen molar-refractivity contribution in [1.82, 2.24) is 0 Å². The Labute approximate surface area is 211 Å². The Bertz CT molecular complexity index is 1000. The summed E-state index contributed by atoms with van der Waals surface area (Å²) >= 11 is 2.34. The predicted molar refractivity (Wildman–Crippen MR) is 140 cm³/mol. The predicted octanol–water partition coefficient (Wildman–Crippen LogP) is 7.06. The smallest absolute Gasteiger partial charge is 0.230 e. The topological polar surface area (TPSA) is 53.3 Å². The van der Waals surface area contributed by atoms with Crippen LogP contribution in [0.1, 0.15) is 74.8 Å². The van der Waals surface area contributed by atoms with Crippen molar-refractivity contribution >= 4 is 34.2 Å². The molecular formula is C28H33IN2O2. The van der Waals surface area contributed by atoms with E-state index in [1.807, 2.05) is 12.1 Å². The summed E-state index contributed by atoms with van der Waals surface area (Å²) in [5, 5.41) is 9.43. The molecule has 0 aromatic heterocycles. The highest BCUT2D eigenvalue weighted by molar-refractivity contribution is 14.1. The summed E-state index contributed by atoms with van der Waals surface area (Å²) in [4.78, 5) is 15.7. The number of hydrogen-bond acceptors (Lipinski definition) is 3. The summed E-state index contributed by atoms with van der Waals surface area (Å²) < 4.78 is 6.47. The molecule has 4 rings (SSSR count). The van der Waals surface area contributed by atoms with Crippen LogP contribution >= 0.6 is 22.6 Å². The lowest BCUT2D eigenvalue weighted by Gasteiger charge is -2.35. The van der Waals surface area contributed by atoms with Crippen LogP contribution in [-0.4, -0.2) is 19.6 Å². The maximum absolute atomic E-state index is 13.6. The summed E-state index contributed by atoms with van der Waals surface area (Å²) in [6.45, 7) is 0.814. The van der Waals surface area contributed by atoms with Crippen molar-refractivity contribution in [3.05, 3.63) is 57.2 Å². The Morgan fingerprint density at radius 2 is 1.82 bits per heavy atom. The minimum absolute atomic E-state index is 0.177. The number of benzene rings is 2. The SMILES string of the molecule is COc1ccc([C@H]2CC[C@H](CN(C(=O)C3CCCCC3)c3cccc(I)c3)CC2)cc1C#N. The van der Waals surface area contributed by atoms with Gasteiger partial charge in [0.15, 0.2) is 0 Å². The van der Waals surface area contributed by atoms with E-state index in [1.165, 1.54) is 28.4 Å². The summed E-state index contributed by atoms with van der Waals surface area (Å²) in [6, 6.07) is 16.7. The summed E-state index contributed by atoms with van der Waals surface area (Å²) in [7, 11) is 1.61. The van der Waals surface area contributed by atoms with Gasteiger partial charge >= 0.3 is 0 Å². The number of amides is 1. The number of nitrogens with zero attached hydrogens (tertiary/aromatic N) is 2. The molecule has 0 radical (unpaired) electrons. The molecule has 0 aliphatic heterocycles. The highest BCUT2D eigenvalue weighted by Crippen LogP contribution is 2.38. The number of carbonyl (C=O) groups is 1. The van der Waals surface area contributed by atoms with E-state index in [0.717, 1.165) is 50.8 Å². The van der Waals surface area contributed by atoms with Crippen molar-refractivity contribution in [3.63, 3.8) is 0 Å². The van der Waals surface area contributed by atoms with Crippen LogP contribution in [0.15, 0.2) is 42.5 Å². The van der Waals surface area contributed by atoms with Crippen molar-refractivity contribution in [2.24, 2.45) is 11.8 Å². The molecule has 2 aliphatic rings. The van der Waals surface area contributed by atoms with Gasteiger partial charge in [-0.15, -0.1) is 0 Å². The molecule has 2 fully saturated rings. The van der Waals surface area contributed by atoms with Crippen LogP contribution in [0.5, 0.6) is 5.75 Å². The molecule has 2 aromatic carbocycles. The number of halogens is 1. The molecule has 2 saturated carbocycles. The third kappa shape index (κ3) is 5.90. The fraction of sp³-hybridized carbons (Fsp3) is 0.500. The van der Waals surface area contributed by atoms with Gasteiger partial charge in [-0.2, -0.15) is 5.26 Å².